The maximum absolute atomic E-state index is 10.8. The molecule has 0 saturated carbocycles. The summed E-state index contributed by atoms with van der Waals surface area (Å²) in [6.45, 7) is 8.05. The first-order valence-corrected chi connectivity index (χ1v) is 6.69. The molecule has 1 rings (SSSR count). The van der Waals surface area contributed by atoms with Gasteiger partial charge in [0.05, 0.1) is 0 Å². The van der Waals surface area contributed by atoms with Gasteiger partial charge in [-0.3, -0.25) is 4.79 Å². The van der Waals surface area contributed by atoms with E-state index in [1.807, 2.05) is 31.2 Å². The number of hydrogen-bond donors (Lipinski definition) is 0. The summed E-state index contributed by atoms with van der Waals surface area (Å²) in [4.78, 5) is 10.8. The monoisotopic (exact) mass is 234 g/mol. The predicted molar refractivity (Wildman–Crippen MR) is 75.6 cm³/mol. The second-order valence-corrected chi connectivity index (χ2v) is 4.49. The highest BCUT2D eigenvalue weighted by atomic mass is 16.1. The molecule has 0 aliphatic rings. The Labute approximate surface area is 106 Å². The Morgan fingerprint density at radius 3 is 2.00 bits per heavy atom. The number of rotatable bonds is 5. The third kappa shape index (κ3) is 8.67. The fourth-order valence-electron chi connectivity index (χ4n) is 1.54. The van der Waals surface area contributed by atoms with Crippen molar-refractivity contribution in [2.75, 3.05) is 0 Å². The summed E-state index contributed by atoms with van der Waals surface area (Å²) < 4.78 is 0. The van der Waals surface area contributed by atoms with Gasteiger partial charge in [-0.1, -0.05) is 69.7 Å². The second kappa shape index (κ2) is 10.1. The van der Waals surface area contributed by atoms with Crippen molar-refractivity contribution in [3.8, 4) is 0 Å². The maximum atomic E-state index is 10.8. The number of ketones is 1. The zero-order valence-electron chi connectivity index (χ0n) is 11.8. The number of hydrogen-bond acceptors (Lipinski definition) is 1. The lowest BCUT2D eigenvalue weighted by Crippen LogP contribution is -1.90. The van der Waals surface area contributed by atoms with Crippen molar-refractivity contribution in [1.29, 1.82) is 0 Å². The van der Waals surface area contributed by atoms with Crippen LogP contribution in [0.25, 0.3) is 0 Å². The Hall–Kier alpha value is -1.11. The van der Waals surface area contributed by atoms with E-state index in [2.05, 4.69) is 13.8 Å². The molecule has 0 spiro atoms. The van der Waals surface area contributed by atoms with Gasteiger partial charge in [0, 0.05) is 5.56 Å². The molecule has 0 N–H and O–H groups in total. The number of benzene rings is 1. The standard InChI is InChI=1S/C9H10O.C7H16/c1-7-4-3-5-9(6-7)8(2)10;1-3-5-7-6-4-2/h3-6H,1-2H3;3-7H2,1-2H3. The molecule has 0 saturated heterocycles. The Morgan fingerprint density at radius 1 is 1.06 bits per heavy atom. The van der Waals surface area contributed by atoms with E-state index in [-0.39, 0.29) is 5.78 Å². The van der Waals surface area contributed by atoms with Crippen molar-refractivity contribution in [2.45, 2.75) is 59.8 Å². The lowest BCUT2D eigenvalue weighted by atomic mass is 10.1. The lowest BCUT2D eigenvalue weighted by molar-refractivity contribution is 0.101. The van der Waals surface area contributed by atoms with Crippen LogP contribution in [0, 0.1) is 6.92 Å². The third-order valence-electron chi connectivity index (χ3n) is 2.63. The van der Waals surface area contributed by atoms with Crippen LogP contribution in [-0.2, 0) is 0 Å². The van der Waals surface area contributed by atoms with Gasteiger partial charge in [0.25, 0.3) is 0 Å². The number of aryl methyl sites for hydroxylation is 1. The SMILES string of the molecule is CC(=O)c1cccc(C)c1.CCCCCCC. The average Bonchev–Trinajstić information content (AvgIpc) is 2.30. The van der Waals surface area contributed by atoms with Gasteiger partial charge in [0.2, 0.25) is 0 Å². The number of carbonyl (C=O) groups is 1. The molecule has 0 heterocycles. The smallest absolute Gasteiger partial charge is 0.159 e. The first-order chi connectivity index (χ1) is 8.11. The summed E-state index contributed by atoms with van der Waals surface area (Å²) in [5.41, 5.74) is 1.92. The van der Waals surface area contributed by atoms with E-state index in [9.17, 15) is 4.79 Å². The third-order valence-corrected chi connectivity index (χ3v) is 2.63. The summed E-state index contributed by atoms with van der Waals surface area (Å²) in [6.07, 6.45) is 7.01. The summed E-state index contributed by atoms with van der Waals surface area (Å²) >= 11 is 0. The molecule has 0 radical (unpaired) electrons. The van der Waals surface area contributed by atoms with Crippen molar-refractivity contribution in [3.05, 3.63) is 35.4 Å². The molecule has 1 nitrogen and oxygen atoms in total. The van der Waals surface area contributed by atoms with Crippen molar-refractivity contribution >= 4 is 5.78 Å². The van der Waals surface area contributed by atoms with E-state index in [1.165, 1.54) is 32.1 Å². The van der Waals surface area contributed by atoms with Crippen LogP contribution < -0.4 is 0 Å². The molecule has 0 aromatic heterocycles. The van der Waals surface area contributed by atoms with Gasteiger partial charge in [-0.2, -0.15) is 0 Å². The summed E-state index contributed by atoms with van der Waals surface area (Å²) in [5.74, 6) is 0.128. The molecule has 0 amide bonds. The first-order valence-electron chi connectivity index (χ1n) is 6.69. The molecule has 1 heteroatoms. The summed E-state index contributed by atoms with van der Waals surface area (Å²) in [5, 5.41) is 0. The Kier molecular flexibility index (Phi) is 9.41. The van der Waals surface area contributed by atoms with E-state index in [0.29, 0.717) is 0 Å². The van der Waals surface area contributed by atoms with Crippen molar-refractivity contribution in [3.63, 3.8) is 0 Å². The van der Waals surface area contributed by atoms with E-state index in [4.69, 9.17) is 0 Å². The largest absolute Gasteiger partial charge is 0.295 e. The van der Waals surface area contributed by atoms with Crippen molar-refractivity contribution < 1.29 is 4.79 Å². The highest BCUT2D eigenvalue weighted by Gasteiger charge is 1.95. The zero-order valence-corrected chi connectivity index (χ0v) is 11.8. The normalized spacial score (nSPS) is 9.41. The van der Waals surface area contributed by atoms with Gasteiger partial charge >= 0.3 is 0 Å². The molecule has 0 atom stereocenters. The van der Waals surface area contributed by atoms with E-state index in [1.54, 1.807) is 6.92 Å². The molecular formula is C16H26O. The zero-order chi connectivity index (χ0) is 13.1. The van der Waals surface area contributed by atoms with Gasteiger partial charge in [-0.25, -0.2) is 0 Å². The number of Topliss-reactive ketones (excluding diaryl/α,β-unsaturated/α-hetero) is 1. The second-order valence-electron chi connectivity index (χ2n) is 4.49. The first kappa shape index (κ1) is 15.9. The van der Waals surface area contributed by atoms with Crippen LogP contribution in [0.3, 0.4) is 0 Å². The minimum Gasteiger partial charge on any atom is -0.295 e. The predicted octanol–water partition coefficient (Wildman–Crippen LogP) is 5.17. The molecule has 1 aromatic carbocycles. The fourth-order valence-corrected chi connectivity index (χ4v) is 1.54. The Bertz CT molecular complexity index is 311. The molecular weight excluding hydrogens is 208 g/mol. The van der Waals surface area contributed by atoms with E-state index >= 15 is 0 Å². The quantitative estimate of drug-likeness (QED) is 0.507. The lowest BCUT2D eigenvalue weighted by Gasteiger charge is -1.94. The molecule has 96 valence electrons. The molecule has 0 unspecified atom stereocenters. The molecule has 0 fully saturated rings. The highest BCUT2D eigenvalue weighted by molar-refractivity contribution is 5.94. The minimum absolute atomic E-state index is 0.128. The number of carbonyl (C=O) groups excluding carboxylic acids is 1. The van der Waals surface area contributed by atoms with Crippen LogP contribution in [0.2, 0.25) is 0 Å². The van der Waals surface area contributed by atoms with Crippen LogP contribution in [0.5, 0.6) is 0 Å². The van der Waals surface area contributed by atoms with Gasteiger partial charge in [0.1, 0.15) is 0 Å². The van der Waals surface area contributed by atoms with Gasteiger partial charge in [0.15, 0.2) is 5.78 Å². The van der Waals surface area contributed by atoms with Gasteiger partial charge in [-0.15, -0.1) is 0 Å². The Balaban J connectivity index is 0.000000325. The summed E-state index contributed by atoms with van der Waals surface area (Å²) in [6, 6.07) is 7.59. The van der Waals surface area contributed by atoms with Gasteiger partial charge in [-0.05, 0) is 19.9 Å². The molecule has 0 aliphatic carbocycles. The highest BCUT2D eigenvalue weighted by Crippen LogP contribution is 2.03. The van der Waals surface area contributed by atoms with Gasteiger partial charge < -0.3 is 0 Å². The Morgan fingerprint density at radius 2 is 1.65 bits per heavy atom. The molecule has 17 heavy (non-hydrogen) atoms. The van der Waals surface area contributed by atoms with Crippen LogP contribution in [0.15, 0.2) is 24.3 Å². The van der Waals surface area contributed by atoms with Crippen molar-refractivity contribution in [1.82, 2.24) is 0 Å². The maximum Gasteiger partial charge on any atom is 0.159 e. The topological polar surface area (TPSA) is 17.1 Å². The minimum atomic E-state index is 0.128. The summed E-state index contributed by atoms with van der Waals surface area (Å²) in [7, 11) is 0. The fraction of sp³-hybridized carbons (Fsp3) is 0.562. The number of unbranched alkanes of at least 4 members (excludes halogenated alkanes) is 4. The van der Waals surface area contributed by atoms with Crippen LogP contribution in [0.4, 0.5) is 0 Å². The van der Waals surface area contributed by atoms with E-state index in [0.717, 1.165) is 11.1 Å². The van der Waals surface area contributed by atoms with Crippen molar-refractivity contribution in [2.24, 2.45) is 0 Å². The molecule has 1 aromatic rings. The molecule has 0 aliphatic heterocycles. The van der Waals surface area contributed by atoms with Crippen LogP contribution in [0.1, 0.15) is 68.8 Å². The molecule has 0 bridgehead atoms. The van der Waals surface area contributed by atoms with Crippen LogP contribution in [-0.4, -0.2) is 5.78 Å². The average molecular weight is 234 g/mol. The van der Waals surface area contributed by atoms with E-state index < -0.39 is 0 Å². The van der Waals surface area contributed by atoms with Crippen LogP contribution >= 0.6 is 0 Å².